The van der Waals surface area contributed by atoms with Gasteiger partial charge in [-0.05, 0) is 52.2 Å². The van der Waals surface area contributed by atoms with Crippen molar-refractivity contribution in [3.8, 4) is 0 Å². The van der Waals surface area contributed by atoms with Gasteiger partial charge in [0.05, 0.1) is 0 Å². The zero-order valence-corrected chi connectivity index (χ0v) is 12.3. The summed E-state index contributed by atoms with van der Waals surface area (Å²) in [6, 6.07) is 8.97. The van der Waals surface area contributed by atoms with Crippen molar-refractivity contribution in [2.75, 3.05) is 6.54 Å². The molecule has 1 aromatic carbocycles. The van der Waals surface area contributed by atoms with E-state index in [0.717, 1.165) is 16.6 Å². The fourth-order valence-corrected chi connectivity index (χ4v) is 2.44. The molecule has 0 amide bonds. The van der Waals surface area contributed by atoms with E-state index in [2.05, 4.69) is 26.2 Å². The van der Waals surface area contributed by atoms with Crippen LogP contribution in [0.15, 0.2) is 47.2 Å². The fraction of sp³-hybridized carbons (Fsp3) is 0.267. The molecule has 0 aliphatic heterocycles. The molecule has 0 saturated heterocycles. The van der Waals surface area contributed by atoms with Gasteiger partial charge in [-0.3, -0.25) is 4.98 Å². The van der Waals surface area contributed by atoms with E-state index in [4.69, 9.17) is 0 Å². The Labute approximate surface area is 121 Å². The van der Waals surface area contributed by atoms with Crippen LogP contribution in [-0.4, -0.2) is 11.5 Å². The number of hydrogen-bond acceptors (Lipinski definition) is 2. The van der Waals surface area contributed by atoms with Crippen molar-refractivity contribution in [1.82, 2.24) is 10.3 Å². The molecule has 4 heteroatoms. The highest BCUT2D eigenvalue weighted by atomic mass is 79.9. The minimum Gasteiger partial charge on any atom is -0.310 e. The number of aromatic nitrogens is 1. The van der Waals surface area contributed by atoms with Crippen molar-refractivity contribution in [2.24, 2.45) is 0 Å². The molecular formula is C15H16BrFN2. The van der Waals surface area contributed by atoms with Crippen molar-refractivity contribution in [1.29, 1.82) is 0 Å². The summed E-state index contributed by atoms with van der Waals surface area (Å²) in [6.07, 6.45) is 4.17. The number of rotatable bonds is 5. The highest BCUT2D eigenvalue weighted by Gasteiger charge is 2.14. The normalized spacial score (nSPS) is 12.4. The van der Waals surface area contributed by atoms with Gasteiger partial charge in [0.1, 0.15) is 5.82 Å². The third-order valence-corrected chi connectivity index (χ3v) is 3.39. The Morgan fingerprint density at radius 1 is 1.32 bits per heavy atom. The summed E-state index contributed by atoms with van der Waals surface area (Å²) in [6.45, 7) is 2.87. The van der Waals surface area contributed by atoms with E-state index >= 15 is 0 Å². The van der Waals surface area contributed by atoms with Crippen LogP contribution in [0, 0.1) is 5.82 Å². The SMILES string of the molecule is CCNC(Cc1ccccc1F)c1cncc(Br)c1. The average molecular weight is 323 g/mol. The first-order chi connectivity index (χ1) is 9.20. The van der Waals surface area contributed by atoms with Crippen LogP contribution in [0.5, 0.6) is 0 Å². The maximum absolute atomic E-state index is 13.7. The number of nitrogens with one attached hydrogen (secondary N) is 1. The van der Waals surface area contributed by atoms with Gasteiger partial charge in [-0.15, -0.1) is 0 Å². The highest BCUT2D eigenvalue weighted by molar-refractivity contribution is 9.10. The van der Waals surface area contributed by atoms with E-state index in [-0.39, 0.29) is 11.9 Å². The lowest BCUT2D eigenvalue weighted by molar-refractivity contribution is 0.526. The third kappa shape index (κ3) is 3.85. The van der Waals surface area contributed by atoms with Crippen molar-refractivity contribution < 1.29 is 4.39 Å². The van der Waals surface area contributed by atoms with Gasteiger partial charge in [0, 0.05) is 22.9 Å². The second kappa shape index (κ2) is 6.78. The van der Waals surface area contributed by atoms with Crippen LogP contribution in [-0.2, 0) is 6.42 Å². The van der Waals surface area contributed by atoms with Crippen LogP contribution in [0.3, 0.4) is 0 Å². The molecule has 19 heavy (non-hydrogen) atoms. The van der Waals surface area contributed by atoms with Gasteiger partial charge in [0.2, 0.25) is 0 Å². The van der Waals surface area contributed by atoms with E-state index in [0.29, 0.717) is 12.0 Å². The van der Waals surface area contributed by atoms with Crippen LogP contribution in [0.4, 0.5) is 4.39 Å². The maximum Gasteiger partial charge on any atom is 0.126 e. The molecule has 0 radical (unpaired) electrons. The molecule has 0 saturated carbocycles. The van der Waals surface area contributed by atoms with Gasteiger partial charge in [-0.1, -0.05) is 25.1 Å². The first kappa shape index (κ1) is 14.2. The summed E-state index contributed by atoms with van der Waals surface area (Å²) >= 11 is 3.42. The van der Waals surface area contributed by atoms with Gasteiger partial charge in [-0.25, -0.2) is 4.39 Å². The number of halogens is 2. The molecule has 0 spiro atoms. The minimum absolute atomic E-state index is 0.0619. The molecule has 1 unspecified atom stereocenters. The van der Waals surface area contributed by atoms with E-state index in [1.54, 1.807) is 12.3 Å². The molecule has 2 aromatic rings. The van der Waals surface area contributed by atoms with E-state index in [1.807, 2.05) is 31.3 Å². The Bertz CT molecular complexity index is 545. The molecule has 1 atom stereocenters. The van der Waals surface area contributed by atoms with Crippen molar-refractivity contribution >= 4 is 15.9 Å². The standard InChI is InChI=1S/C15H16BrFN2/c1-2-19-15(12-7-13(16)10-18-9-12)8-11-5-3-4-6-14(11)17/h3-7,9-10,15,19H,2,8H2,1H3. The Morgan fingerprint density at radius 3 is 2.79 bits per heavy atom. The Hall–Kier alpha value is -1.26. The van der Waals surface area contributed by atoms with Crippen LogP contribution in [0.2, 0.25) is 0 Å². The zero-order valence-electron chi connectivity index (χ0n) is 10.7. The van der Waals surface area contributed by atoms with E-state index in [1.165, 1.54) is 6.07 Å². The van der Waals surface area contributed by atoms with Crippen molar-refractivity contribution in [3.05, 3.63) is 64.1 Å². The van der Waals surface area contributed by atoms with Crippen LogP contribution in [0.25, 0.3) is 0 Å². The zero-order chi connectivity index (χ0) is 13.7. The van der Waals surface area contributed by atoms with Gasteiger partial charge in [-0.2, -0.15) is 0 Å². The molecule has 1 heterocycles. The monoisotopic (exact) mass is 322 g/mol. The van der Waals surface area contributed by atoms with Gasteiger partial charge >= 0.3 is 0 Å². The largest absolute Gasteiger partial charge is 0.310 e. The van der Waals surface area contributed by atoms with Crippen molar-refractivity contribution in [3.63, 3.8) is 0 Å². The number of likely N-dealkylation sites (N-methyl/N-ethyl adjacent to an activating group) is 1. The van der Waals surface area contributed by atoms with E-state index < -0.39 is 0 Å². The molecule has 0 fully saturated rings. The molecule has 100 valence electrons. The lowest BCUT2D eigenvalue weighted by Gasteiger charge is -2.18. The Morgan fingerprint density at radius 2 is 2.11 bits per heavy atom. The van der Waals surface area contributed by atoms with Gasteiger partial charge < -0.3 is 5.32 Å². The first-order valence-electron chi connectivity index (χ1n) is 6.28. The van der Waals surface area contributed by atoms with Crippen LogP contribution < -0.4 is 5.32 Å². The number of pyridine rings is 1. The molecular weight excluding hydrogens is 307 g/mol. The average Bonchev–Trinajstić information content (AvgIpc) is 2.40. The molecule has 1 aromatic heterocycles. The van der Waals surface area contributed by atoms with Gasteiger partial charge in [0.15, 0.2) is 0 Å². The molecule has 0 bridgehead atoms. The summed E-state index contributed by atoms with van der Waals surface area (Å²) in [5.41, 5.74) is 1.77. The quantitative estimate of drug-likeness (QED) is 0.903. The van der Waals surface area contributed by atoms with E-state index in [9.17, 15) is 4.39 Å². The van der Waals surface area contributed by atoms with Crippen molar-refractivity contribution in [2.45, 2.75) is 19.4 Å². The summed E-state index contributed by atoms with van der Waals surface area (Å²) < 4.78 is 14.7. The molecule has 2 rings (SSSR count). The van der Waals surface area contributed by atoms with Gasteiger partial charge in [0.25, 0.3) is 0 Å². The second-order valence-corrected chi connectivity index (χ2v) is 5.26. The first-order valence-corrected chi connectivity index (χ1v) is 7.07. The smallest absolute Gasteiger partial charge is 0.126 e. The molecule has 0 aliphatic rings. The number of nitrogens with zero attached hydrogens (tertiary/aromatic N) is 1. The third-order valence-electron chi connectivity index (χ3n) is 2.96. The topological polar surface area (TPSA) is 24.9 Å². The summed E-state index contributed by atoms with van der Waals surface area (Å²) in [7, 11) is 0. The second-order valence-electron chi connectivity index (χ2n) is 4.34. The fourth-order valence-electron chi connectivity index (χ4n) is 2.06. The maximum atomic E-state index is 13.7. The lowest BCUT2D eigenvalue weighted by Crippen LogP contribution is -2.23. The molecule has 1 N–H and O–H groups in total. The van der Waals surface area contributed by atoms with Crippen LogP contribution in [0.1, 0.15) is 24.1 Å². The molecule has 0 aliphatic carbocycles. The lowest BCUT2D eigenvalue weighted by atomic mass is 10.00. The highest BCUT2D eigenvalue weighted by Crippen LogP contribution is 2.22. The summed E-state index contributed by atoms with van der Waals surface area (Å²) in [5, 5.41) is 3.37. The number of hydrogen-bond donors (Lipinski definition) is 1. The Balaban J connectivity index is 2.24. The van der Waals surface area contributed by atoms with Crippen LogP contribution >= 0.6 is 15.9 Å². The summed E-state index contributed by atoms with van der Waals surface area (Å²) in [5.74, 6) is -0.159. The molecule has 2 nitrogen and oxygen atoms in total. The summed E-state index contributed by atoms with van der Waals surface area (Å²) in [4.78, 5) is 4.17. The predicted octanol–water partition coefficient (Wildman–Crippen LogP) is 3.88. The Kier molecular flexibility index (Phi) is 5.05. The minimum atomic E-state index is -0.159. The predicted molar refractivity (Wildman–Crippen MR) is 78.5 cm³/mol. The number of benzene rings is 1.